The van der Waals surface area contributed by atoms with Crippen LogP contribution < -0.4 is 0 Å². The molecule has 0 spiro atoms. The van der Waals surface area contributed by atoms with E-state index < -0.39 is 6.10 Å². The Morgan fingerprint density at radius 1 is 0.308 bits per heavy atom. The molecule has 0 N–H and O–H groups in total. The lowest BCUT2D eigenvalue weighted by atomic mass is 9.99. The van der Waals surface area contributed by atoms with Crippen LogP contribution in [0.25, 0.3) is 0 Å². The summed E-state index contributed by atoms with van der Waals surface area (Å²) >= 11 is 0. The first kappa shape index (κ1) is 63.4. The van der Waals surface area contributed by atoms with Gasteiger partial charge in [-0.3, -0.25) is 14.4 Å². The van der Waals surface area contributed by atoms with Gasteiger partial charge in [0.15, 0.2) is 6.10 Å². The van der Waals surface area contributed by atoms with E-state index in [4.69, 9.17) is 14.2 Å². The van der Waals surface area contributed by atoms with Gasteiger partial charge in [0.25, 0.3) is 0 Å². The van der Waals surface area contributed by atoms with Crippen LogP contribution in [0, 0.1) is 17.8 Å². The van der Waals surface area contributed by atoms with Crippen molar-refractivity contribution >= 4 is 17.9 Å². The number of hydrogen-bond donors (Lipinski definition) is 0. The minimum absolute atomic E-state index is 0.0635. The van der Waals surface area contributed by atoms with Gasteiger partial charge in [-0.2, -0.15) is 0 Å². The first-order valence-corrected chi connectivity index (χ1v) is 29.1. The Labute approximate surface area is 406 Å². The highest BCUT2D eigenvalue weighted by molar-refractivity contribution is 5.71. The van der Waals surface area contributed by atoms with Crippen LogP contribution in [0.5, 0.6) is 0 Å². The van der Waals surface area contributed by atoms with Crippen molar-refractivity contribution in [3.8, 4) is 0 Å². The van der Waals surface area contributed by atoms with Crippen molar-refractivity contribution < 1.29 is 28.6 Å². The number of ether oxygens (including phenoxy) is 3. The van der Waals surface area contributed by atoms with Gasteiger partial charge in [-0.25, -0.2) is 0 Å². The van der Waals surface area contributed by atoms with Crippen molar-refractivity contribution in [3.63, 3.8) is 0 Å². The van der Waals surface area contributed by atoms with Gasteiger partial charge in [-0.1, -0.05) is 286 Å². The summed E-state index contributed by atoms with van der Waals surface area (Å²) in [6, 6.07) is 0. The standard InChI is InChI=1S/C59H114O6/c1-7-55(6)47-41-35-29-23-17-10-8-9-11-18-24-30-36-42-48-57(60)63-51-56(52-64-58(61)49-43-37-31-25-20-14-16-22-28-34-40-46-54(4)5)65-59(62)50-44-38-32-26-19-13-12-15-21-27-33-39-45-53(2)3/h53-56H,7-52H2,1-6H3/t55?,56-/m0/s1. The molecule has 0 amide bonds. The van der Waals surface area contributed by atoms with Gasteiger partial charge in [-0.15, -0.1) is 0 Å². The topological polar surface area (TPSA) is 78.9 Å². The second-order valence-corrected chi connectivity index (χ2v) is 21.5. The number of esters is 3. The largest absolute Gasteiger partial charge is 0.462 e. The Kier molecular flexibility index (Phi) is 49.1. The lowest BCUT2D eigenvalue weighted by Gasteiger charge is -2.18. The van der Waals surface area contributed by atoms with Gasteiger partial charge >= 0.3 is 17.9 Å². The van der Waals surface area contributed by atoms with Crippen LogP contribution >= 0.6 is 0 Å². The molecule has 2 atom stereocenters. The van der Waals surface area contributed by atoms with Gasteiger partial charge < -0.3 is 14.2 Å². The summed E-state index contributed by atoms with van der Waals surface area (Å²) in [6.07, 6.45) is 52.3. The van der Waals surface area contributed by atoms with Gasteiger partial charge in [0, 0.05) is 19.3 Å². The van der Waals surface area contributed by atoms with E-state index in [1.165, 1.54) is 205 Å². The molecule has 386 valence electrons. The number of rotatable bonds is 52. The molecule has 0 saturated heterocycles. The summed E-state index contributed by atoms with van der Waals surface area (Å²) < 4.78 is 16.9. The molecule has 0 heterocycles. The van der Waals surface area contributed by atoms with Crippen molar-refractivity contribution in [2.24, 2.45) is 17.8 Å². The average Bonchev–Trinajstić information content (AvgIpc) is 3.28. The summed E-state index contributed by atoms with van der Waals surface area (Å²) in [5.74, 6) is 1.71. The fraction of sp³-hybridized carbons (Fsp3) is 0.949. The van der Waals surface area contributed by atoms with Gasteiger partial charge in [0.05, 0.1) is 0 Å². The molecule has 0 fully saturated rings. The van der Waals surface area contributed by atoms with Crippen LogP contribution in [-0.4, -0.2) is 37.2 Å². The smallest absolute Gasteiger partial charge is 0.306 e. The van der Waals surface area contributed by atoms with Crippen LogP contribution in [-0.2, 0) is 28.6 Å². The molecule has 1 unspecified atom stereocenters. The highest BCUT2D eigenvalue weighted by Crippen LogP contribution is 2.19. The Morgan fingerprint density at radius 2 is 0.538 bits per heavy atom. The predicted molar refractivity (Wildman–Crippen MR) is 279 cm³/mol. The van der Waals surface area contributed by atoms with Gasteiger partial charge in [0.2, 0.25) is 0 Å². The van der Waals surface area contributed by atoms with Crippen LogP contribution in [0.1, 0.15) is 324 Å². The molecular formula is C59H114O6. The van der Waals surface area contributed by atoms with Crippen molar-refractivity contribution in [2.75, 3.05) is 13.2 Å². The van der Waals surface area contributed by atoms with E-state index in [1.54, 1.807) is 0 Å². The zero-order chi connectivity index (χ0) is 47.7. The Balaban J connectivity index is 4.30. The quantitative estimate of drug-likeness (QED) is 0.0344. The Hall–Kier alpha value is -1.59. The fourth-order valence-corrected chi connectivity index (χ4v) is 8.97. The van der Waals surface area contributed by atoms with E-state index in [9.17, 15) is 14.4 Å². The van der Waals surface area contributed by atoms with Crippen molar-refractivity contribution in [2.45, 2.75) is 330 Å². The molecule has 0 aromatic rings. The SMILES string of the molecule is CCC(C)CCCCCCCCCCCCCCCCC(=O)OC[C@@H](COC(=O)CCCCCCCCCCCCCC(C)C)OC(=O)CCCCCCCCCCCCCCC(C)C. The van der Waals surface area contributed by atoms with Gasteiger partial charge in [-0.05, 0) is 37.0 Å². The van der Waals surface area contributed by atoms with E-state index in [2.05, 4.69) is 41.5 Å². The first-order valence-electron chi connectivity index (χ1n) is 29.1. The normalized spacial score (nSPS) is 12.6. The van der Waals surface area contributed by atoms with Crippen molar-refractivity contribution in [1.29, 1.82) is 0 Å². The molecule has 6 nitrogen and oxygen atoms in total. The number of unbranched alkanes of at least 4 members (excludes halogenated alkanes) is 34. The summed E-state index contributed by atoms with van der Waals surface area (Å²) in [5, 5.41) is 0. The van der Waals surface area contributed by atoms with Crippen molar-refractivity contribution in [1.82, 2.24) is 0 Å². The molecule has 65 heavy (non-hydrogen) atoms. The third kappa shape index (κ3) is 51.6. The van der Waals surface area contributed by atoms with E-state index in [-0.39, 0.29) is 31.1 Å². The second kappa shape index (κ2) is 50.3. The molecule has 0 bridgehead atoms. The molecule has 0 aliphatic heterocycles. The number of carbonyl (C=O) groups excluding carboxylic acids is 3. The van der Waals surface area contributed by atoms with E-state index in [0.717, 1.165) is 75.5 Å². The lowest BCUT2D eigenvalue weighted by molar-refractivity contribution is -0.167. The summed E-state index contributed by atoms with van der Waals surface area (Å²) in [4.78, 5) is 38.2. The maximum absolute atomic E-state index is 12.8. The summed E-state index contributed by atoms with van der Waals surface area (Å²) in [6.45, 7) is 13.8. The maximum atomic E-state index is 12.8. The van der Waals surface area contributed by atoms with E-state index >= 15 is 0 Å². The lowest BCUT2D eigenvalue weighted by Crippen LogP contribution is -2.30. The summed E-state index contributed by atoms with van der Waals surface area (Å²) in [5.41, 5.74) is 0. The molecule has 6 heteroatoms. The second-order valence-electron chi connectivity index (χ2n) is 21.5. The maximum Gasteiger partial charge on any atom is 0.306 e. The molecule has 0 aliphatic rings. The highest BCUT2D eigenvalue weighted by atomic mass is 16.6. The van der Waals surface area contributed by atoms with E-state index in [0.29, 0.717) is 19.3 Å². The zero-order valence-corrected chi connectivity index (χ0v) is 44.8. The Bertz CT molecular complexity index is 1010. The number of carbonyl (C=O) groups is 3. The highest BCUT2D eigenvalue weighted by Gasteiger charge is 2.19. The monoisotopic (exact) mass is 919 g/mol. The third-order valence-corrected chi connectivity index (χ3v) is 13.8. The van der Waals surface area contributed by atoms with Crippen molar-refractivity contribution in [3.05, 3.63) is 0 Å². The minimum atomic E-state index is -0.764. The zero-order valence-electron chi connectivity index (χ0n) is 44.8. The van der Waals surface area contributed by atoms with Crippen LogP contribution in [0.4, 0.5) is 0 Å². The molecule has 0 aromatic heterocycles. The van der Waals surface area contributed by atoms with Crippen LogP contribution in [0.3, 0.4) is 0 Å². The molecule has 0 aromatic carbocycles. The van der Waals surface area contributed by atoms with E-state index in [1.807, 2.05) is 0 Å². The predicted octanol–water partition coefficient (Wildman–Crippen LogP) is 19.1. The molecule has 0 radical (unpaired) electrons. The molecule has 0 aliphatic carbocycles. The van der Waals surface area contributed by atoms with Crippen LogP contribution in [0.2, 0.25) is 0 Å². The van der Waals surface area contributed by atoms with Crippen LogP contribution in [0.15, 0.2) is 0 Å². The molecular weight excluding hydrogens is 805 g/mol. The fourth-order valence-electron chi connectivity index (χ4n) is 8.97. The minimum Gasteiger partial charge on any atom is -0.462 e. The average molecular weight is 920 g/mol. The van der Waals surface area contributed by atoms with Gasteiger partial charge in [0.1, 0.15) is 13.2 Å². The first-order chi connectivity index (χ1) is 31.6. The third-order valence-electron chi connectivity index (χ3n) is 13.8. The number of hydrogen-bond acceptors (Lipinski definition) is 6. The molecule has 0 rings (SSSR count). The Morgan fingerprint density at radius 3 is 0.800 bits per heavy atom. The molecule has 0 saturated carbocycles. The summed E-state index contributed by atoms with van der Waals surface area (Å²) in [7, 11) is 0.